The van der Waals surface area contributed by atoms with Gasteiger partial charge in [-0.1, -0.05) is 12.1 Å². The van der Waals surface area contributed by atoms with Gasteiger partial charge in [-0.2, -0.15) is 0 Å². The highest BCUT2D eigenvalue weighted by Gasteiger charge is 1.98. The number of carbonyl (C=O) groups is 1. The SMILES string of the molecule is COc1ccc(/C(C)=C/C(=O)O)cc1. The topological polar surface area (TPSA) is 46.5 Å². The number of ether oxygens (including phenoxy) is 1. The van der Waals surface area contributed by atoms with E-state index in [-0.39, 0.29) is 0 Å². The van der Waals surface area contributed by atoms with Crippen LogP contribution < -0.4 is 4.74 Å². The summed E-state index contributed by atoms with van der Waals surface area (Å²) in [6, 6.07) is 7.25. The Kier molecular flexibility index (Phi) is 3.29. The van der Waals surface area contributed by atoms with Crippen LogP contribution in [0.4, 0.5) is 0 Å². The molecule has 0 saturated carbocycles. The Morgan fingerprint density at radius 2 is 1.93 bits per heavy atom. The van der Waals surface area contributed by atoms with Gasteiger partial charge in [-0.05, 0) is 30.2 Å². The maximum Gasteiger partial charge on any atom is 0.328 e. The molecule has 0 heterocycles. The molecule has 0 unspecified atom stereocenters. The van der Waals surface area contributed by atoms with E-state index >= 15 is 0 Å². The number of benzene rings is 1. The Morgan fingerprint density at radius 3 is 2.36 bits per heavy atom. The van der Waals surface area contributed by atoms with E-state index in [0.717, 1.165) is 16.9 Å². The van der Waals surface area contributed by atoms with Crippen LogP contribution in [0, 0.1) is 0 Å². The quantitative estimate of drug-likeness (QED) is 0.746. The minimum Gasteiger partial charge on any atom is -0.497 e. The Morgan fingerprint density at radius 1 is 1.36 bits per heavy atom. The van der Waals surface area contributed by atoms with Crippen LogP contribution in [0.5, 0.6) is 5.75 Å². The minimum atomic E-state index is -0.932. The molecule has 0 fully saturated rings. The second kappa shape index (κ2) is 4.46. The molecule has 0 bridgehead atoms. The van der Waals surface area contributed by atoms with Gasteiger partial charge in [0.2, 0.25) is 0 Å². The molecule has 0 aliphatic rings. The van der Waals surface area contributed by atoms with Gasteiger partial charge in [-0.15, -0.1) is 0 Å². The summed E-state index contributed by atoms with van der Waals surface area (Å²) in [5.74, 6) is -0.171. The molecule has 0 aliphatic heterocycles. The van der Waals surface area contributed by atoms with Crippen molar-refractivity contribution in [1.29, 1.82) is 0 Å². The van der Waals surface area contributed by atoms with Crippen LogP contribution in [-0.2, 0) is 4.79 Å². The predicted octanol–water partition coefficient (Wildman–Crippen LogP) is 2.18. The van der Waals surface area contributed by atoms with Gasteiger partial charge < -0.3 is 9.84 Å². The molecule has 0 aromatic heterocycles. The average molecular weight is 192 g/mol. The maximum absolute atomic E-state index is 10.4. The molecule has 1 aromatic rings. The van der Waals surface area contributed by atoms with Gasteiger partial charge in [0.05, 0.1) is 7.11 Å². The first-order valence-electron chi connectivity index (χ1n) is 4.19. The lowest BCUT2D eigenvalue weighted by molar-refractivity contribution is -0.131. The number of carboxylic acid groups (broad SMARTS) is 1. The van der Waals surface area contributed by atoms with E-state index in [1.807, 2.05) is 12.1 Å². The largest absolute Gasteiger partial charge is 0.497 e. The molecule has 0 saturated heterocycles. The maximum atomic E-state index is 10.4. The summed E-state index contributed by atoms with van der Waals surface area (Å²) in [5.41, 5.74) is 1.60. The van der Waals surface area contributed by atoms with Gasteiger partial charge in [0.1, 0.15) is 5.75 Å². The molecule has 14 heavy (non-hydrogen) atoms. The molecule has 0 radical (unpaired) electrons. The molecular weight excluding hydrogens is 180 g/mol. The normalized spacial score (nSPS) is 11.1. The van der Waals surface area contributed by atoms with Gasteiger partial charge >= 0.3 is 5.97 Å². The first-order chi connectivity index (χ1) is 6.63. The fourth-order valence-electron chi connectivity index (χ4n) is 1.12. The second-order valence-electron chi connectivity index (χ2n) is 2.89. The molecule has 1 rings (SSSR count). The Hall–Kier alpha value is -1.77. The Balaban J connectivity index is 2.92. The van der Waals surface area contributed by atoms with E-state index in [1.54, 1.807) is 26.2 Å². The van der Waals surface area contributed by atoms with E-state index in [0.29, 0.717) is 0 Å². The van der Waals surface area contributed by atoms with Gasteiger partial charge in [-0.3, -0.25) is 0 Å². The molecule has 0 aliphatic carbocycles. The van der Waals surface area contributed by atoms with Crippen LogP contribution in [-0.4, -0.2) is 18.2 Å². The van der Waals surface area contributed by atoms with Gasteiger partial charge in [0, 0.05) is 6.08 Å². The van der Waals surface area contributed by atoms with Crippen LogP contribution >= 0.6 is 0 Å². The monoisotopic (exact) mass is 192 g/mol. The molecule has 3 heteroatoms. The van der Waals surface area contributed by atoms with E-state index in [4.69, 9.17) is 9.84 Å². The number of methoxy groups -OCH3 is 1. The summed E-state index contributed by atoms with van der Waals surface area (Å²) in [4.78, 5) is 10.4. The summed E-state index contributed by atoms with van der Waals surface area (Å²) < 4.78 is 4.99. The molecule has 0 atom stereocenters. The van der Waals surface area contributed by atoms with Crippen molar-refractivity contribution in [2.75, 3.05) is 7.11 Å². The summed E-state index contributed by atoms with van der Waals surface area (Å²) in [7, 11) is 1.59. The van der Waals surface area contributed by atoms with Crippen LogP contribution in [0.25, 0.3) is 5.57 Å². The lowest BCUT2D eigenvalue weighted by Crippen LogP contribution is -1.90. The molecule has 1 N–H and O–H groups in total. The van der Waals surface area contributed by atoms with Gasteiger partial charge in [0.25, 0.3) is 0 Å². The third-order valence-corrected chi connectivity index (χ3v) is 1.89. The van der Waals surface area contributed by atoms with Crippen molar-refractivity contribution < 1.29 is 14.6 Å². The summed E-state index contributed by atoms with van der Waals surface area (Å²) >= 11 is 0. The zero-order valence-corrected chi connectivity index (χ0v) is 8.15. The van der Waals surface area contributed by atoms with Crippen molar-refractivity contribution in [1.82, 2.24) is 0 Å². The van der Waals surface area contributed by atoms with Crippen LogP contribution in [0.1, 0.15) is 12.5 Å². The van der Waals surface area contributed by atoms with E-state index in [2.05, 4.69) is 0 Å². The number of allylic oxidation sites excluding steroid dienone is 1. The number of aliphatic carboxylic acids is 1. The lowest BCUT2D eigenvalue weighted by Gasteiger charge is -2.02. The van der Waals surface area contributed by atoms with Crippen LogP contribution in [0.15, 0.2) is 30.3 Å². The van der Waals surface area contributed by atoms with Crippen molar-refractivity contribution in [3.05, 3.63) is 35.9 Å². The molecule has 0 spiro atoms. The molecule has 0 amide bonds. The molecule has 3 nitrogen and oxygen atoms in total. The second-order valence-corrected chi connectivity index (χ2v) is 2.89. The number of hydrogen-bond acceptors (Lipinski definition) is 2. The fraction of sp³-hybridized carbons (Fsp3) is 0.182. The lowest BCUT2D eigenvalue weighted by atomic mass is 10.1. The summed E-state index contributed by atoms with van der Waals surface area (Å²) in [6.07, 6.45) is 1.18. The molecule has 74 valence electrons. The van der Waals surface area contributed by atoms with Gasteiger partial charge in [0.15, 0.2) is 0 Å². The Labute approximate surface area is 82.6 Å². The predicted molar refractivity (Wildman–Crippen MR) is 54.3 cm³/mol. The van der Waals surface area contributed by atoms with E-state index in [9.17, 15) is 4.79 Å². The van der Waals surface area contributed by atoms with Crippen molar-refractivity contribution in [3.63, 3.8) is 0 Å². The van der Waals surface area contributed by atoms with Crippen LogP contribution in [0.3, 0.4) is 0 Å². The number of carboxylic acids is 1. The summed E-state index contributed by atoms with van der Waals surface area (Å²) in [5, 5.41) is 8.54. The highest BCUT2D eigenvalue weighted by Crippen LogP contribution is 2.17. The van der Waals surface area contributed by atoms with Crippen LogP contribution in [0.2, 0.25) is 0 Å². The Bertz CT molecular complexity index is 349. The standard InChI is InChI=1S/C11H12O3/c1-8(7-11(12)13)9-3-5-10(14-2)6-4-9/h3-7H,1-2H3,(H,12,13)/b8-7+. The minimum absolute atomic E-state index is 0.722. The highest BCUT2D eigenvalue weighted by atomic mass is 16.5. The van der Waals surface area contributed by atoms with E-state index < -0.39 is 5.97 Å². The third kappa shape index (κ3) is 2.62. The zero-order valence-electron chi connectivity index (χ0n) is 8.15. The fourth-order valence-corrected chi connectivity index (χ4v) is 1.12. The third-order valence-electron chi connectivity index (χ3n) is 1.89. The number of rotatable bonds is 3. The van der Waals surface area contributed by atoms with Crippen molar-refractivity contribution in [2.24, 2.45) is 0 Å². The van der Waals surface area contributed by atoms with Crippen molar-refractivity contribution >= 4 is 11.5 Å². The van der Waals surface area contributed by atoms with Gasteiger partial charge in [-0.25, -0.2) is 4.79 Å². The average Bonchev–Trinajstić information content (AvgIpc) is 2.17. The first kappa shape index (κ1) is 10.3. The zero-order chi connectivity index (χ0) is 10.6. The smallest absolute Gasteiger partial charge is 0.328 e. The van der Waals surface area contributed by atoms with Crippen molar-refractivity contribution in [2.45, 2.75) is 6.92 Å². The first-order valence-corrected chi connectivity index (χ1v) is 4.19. The van der Waals surface area contributed by atoms with Crippen molar-refractivity contribution in [3.8, 4) is 5.75 Å². The van der Waals surface area contributed by atoms with E-state index in [1.165, 1.54) is 6.08 Å². The molecular formula is C11H12O3. The highest BCUT2D eigenvalue weighted by molar-refractivity contribution is 5.89. The number of hydrogen-bond donors (Lipinski definition) is 1. The molecule has 1 aromatic carbocycles. The summed E-state index contributed by atoms with van der Waals surface area (Å²) in [6.45, 7) is 1.76.